The van der Waals surface area contributed by atoms with Crippen molar-refractivity contribution in [3.63, 3.8) is 0 Å². The quantitative estimate of drug-likeness (QED) is 0.874. The topological polar surface area (TPSA) is 71.4 Å². The van der Waals surface area contributed by atoms with Crippen molar-refractivity contribution < 1.29 is 18.3 Å². The Bertz CT molecular complexity index is 471. The number of hydrogen-bond acceptors (Lipinski definition) is 3. The molecule has 0 aliphatic heterocycles. The van der Waals surface area contributed by atoms with E-state index in [1.165, 1.54) is 24.3 Å². The fraction of sp³-hybridized carbons (Fsp3) is 0.364. The van der Waals surface area contributed by atoms with Crippen molar-refractivity contribution in [1.82, 2.24) is 0 Å². The van der Waals surface area contributed by atoms with Crippen molar-refractivity contribution >= 4 is 15.8 Å². The normalized spacial score (nSPS) is 11.7. The molecule has 4 nitrogen and oxygen atoms in total. The highest BCUT2D eigenvalue weighted by Gasteiger charge is 2.16. The first-order chi connectivity index (χ1) is 7.33. The number of rotatable bonds is 4. The van der Waals surface area contributed by atoms with Crippen molar-refractivity contribution in [3.05, 3.63) is 29.8 Å². The van der Waals surface area contributed by atoms with E-state index >= 15 is 0 Å². The summed E-state index contributed by atoms with van der Waals surface area (Å²) in [6.07, 6.45) is 0. The minimum atomic E-state index is -3.29. The molecule has 0 atom stereocenters. The van der Waals surface area contributed by atoms with Crippen LogP contribution in [0.5, 0.6) is 0 Å². The summed E-state index contributed by atoms with van der Waals surface area (Å²) < 4.78 is 23.6. The summed E-state index contributed by atoms with van der Waals surface area (Å²) in [4.78, 5) is 10.8. The number of sulfone groups is 1. The molecule has 0 saturated carbocycles. The molecule has 0 saturated heterocycles. The molecule has 0 heterocycles. The Morgan fingerprint density at radius 1 is 1.25 bits per heavy atom. The van der Waals surface area contributed by atoms with Gasteiger partial charge in [0.1, 0.15) is 0 Å². The van der Waals surface area contributed by atoms with Gasteiger partial charge >= 0.3 is 5.97 Å². The first kappa shape index (κ1) is 12.7. The Labute approximate surface area is 94.8 Å². The van der Waals surface area contributed by atoms with Crippen LogP contribution in [0.3, 0.4) is 0 Å². The largest absolute Gasteiger partial charge is 0.478 e. The Kier molecular flexibility index (Phi) is 3.70. The maximum absolute atomic E-state index is 11.8. The lowest BCUT2D eigenvalue weighted by atomic mass is 10.2. The Morgan fingerprint density at radius 2 is 1.75 bits per heavy atom. The predicted octanol–water partition coefficient (Wildman–Crippen LogP) is 1.81. The van der Waals surface area contributed by atoms with Crippen LogP contribution in [-0.2, 0) is 9.84 Å². The van der Waals surface area contributed by atoms with Gasteiger partial charge in [-0.2, -0.15) is 0 Å². The number of carbonyl (C=O) groups is 1. The van der Waals surface area contributed by atoms with Crippen LogP contribution >= 0.6 is 0 Å². The van der Waals surface area contributed by atoms with Gasteiger partial charge in [-0.05, 0) is 30.2 Å². The molecule has 1 aromatic rings. The fourth-order valence-electron chi connectivity index (χ4n) is 1.34. The van der Waals surface area contributed by atoms with Gasteiger partial charge in [-0.25, -0.2) is 13.2 Å². The smallest absolute Gasteiger partial charge is 0.335 e. The molecule has 0 amide bonds. The van der Waals surface area contributed by atoms with Gasteiger partial charge < -0.3 is 5.11 Å². The van der Waals surface area contributed by atoms with Gasteiger partial charge in [-0.1, -0.05) is 13.8 Å². The molecule has 0 unspecified atom stereocenters. The first-order valence-corrected chi connectivity index (χ1v) is 6.54. The molecule has 0 radical (unpaired) electrons. The summed E-state index contributed by atoms with van der Waals surface area (Å²) in [5, 5.41) is 8.67. The molecule has 1 aromatic carbocycles. The third-order valence-corrected chi connectivity index (χ3v) is 4.11. The molecule has 0 fully saturated rings. The van der Waals surface area contributed by atoms with E-state index in [-0.39, 0.29) is 22.1 Å². The molecule has 0 aromatic heterocycles. The number of carboxylic acids is 1. The molecule has 0 aliphatic rings. The lowest BCUT2D eigenvalue weighted by Gasteiger charge is -2.06. The minimum absolute atomic E-state index is 0.0455. The third kappa shape index (κ3) is 3.06. The van der Waals surface area contributed by atoms with E-state index in [2.05, 4.69) is 0 Å². The zero-order valence-electron chi connectivity index (χ0n) is 9.17. The van der Waals surface area contributed by atoms with Gasteiger partial charge in [0.25, 0.3) is 0 Å². The molecule has 0 bridgehead atoms. The number of aromatic carboxylic acids is 1. The van der Waals surface area contributed by atoms with Gasteiger partial charge in [0.05, 0.1) is 16.2 Å². The molecule has 0 spiro atoms. The Hall–Kier alpha value is -1.36. The third-order valence-electron chi connectivity index (χ3n) is 2.01. The van der Waals surface area contributed by atoms with Crippen LogP contribution in [0, 0.1) is 5.92 Å². The Morgan fingerprint density at radius 3 is 2.12 bits per heavy atom. The van der Waals surface area contributed by atoms with Crippen LogP contribution in [0.25, 0.3) is 0 Å². The second-order valence-electron chi connectivity index (χ2n) is 4.00. The van der Waals surface area contributed by atoms with Gasteiger partial charge in [-0.15, -0.1) is 0 Å². The lowest BCUT2D eigenvalue weighted by Crippen LogP contribution is -2.12. The van der Waals surface area contributed by atoms with Crippen LogP contribution in [0.2, 0.25) is 0 Å². The molecular formula is C11H14O4S. The van der Waals surface area contributed by atoms with E-state index in [4.69, 9.17) is 5.11 Å². The van der Waals surface area contributed by atoms with Crippen molar-refractivity contribution in [2.24, 2.45) is 5.92 Å². The predicted molar refractivity (Wildman–Crippen MR) is 60.3 cm³/mol. The highest BCUT2D eigenvalue weighted by atomic mass is 32.2. The van der Waals surface area contributed by atoms with E-state index < -0.39 is 15.8 Å². The summed E-state index contributed by atoms with van der Waals surface area (Å²) in [7, 11) is -3.29. The van der Waals surface area contributed by atoms with Crippen LogP contribution in [-0.4, -0.2) is 25.2 Å². The number of hydrogen-bond donors (Lipinski definition) is 1. The van der Waals surface area contributed by atoms with Crippen molar-refractivity contribution in [2.75, 3.05) is 5.75 Å². The van der Waals surface area contributed by atoms with E-state index in [1.807, 2.05) is 13.8 Å². The molecule has 0 aliphatic carbocycles. The molecule has 88 valence electrons. The molecule has 1 rings (SSSR count). The molecule has 1 N–H and O–H groups in total. The van der Waals surface area contributed by atoms with E-state index in [9.17, 15) is 13.2 Å². The summed E-state index contributed by atoms with van der Waals surface area (Å²) in [5.74, 6) is -0.948. The lowest BCUT2D eigenvalue weighted by molar-refractivity contribution is 0.0697. The van der Waals surface area contributed by atoms with E-state index in [1.54, 1.807) is 0 Å². The van der Waals surface area contributed by atoms with Crippen molar-refractivity contribution in [1.29, 1.82) is 0 Å². The summed E-state index contributed by atoms with van der Waals surface area (Å²) in [5.41, 5.74) is 0.0866. The number of carboxylic acid groups (broad SMARTS) is 1. The minimum Gasteiger partial charge on any atom is -0.478 e. The maximum atomic E-state index is 11.8. The highest BCUT2D eigenvalue weighted by molar-refractivity contribution is 7.91. The van der Waals surface area contributed by atoms with Crippen molar-refractivity contribution in [2.45, 2.75) is 18.7 Å². The number of benzene rings is 1. The van der Waals surface area contributed by atoms with Gasteiger partial charge in [0.2, 0.25) is 0 Å². The second kappa shape index (κ2) is 4.65. The summed E-state index contributed by atoms with van der Waals surface area (Å²) in [6, 6.07) is 5.27. The second-order valence-corrected chi connectivity index (χ2v) is 6.04. The van der Waals surface area contributed by atoms with Crippen LogP contribution in [0.4, 0.5) is 0 Å². The van der Waals surface area contributed by atoms with E-state index in [0.29, 0.717) is 0 Å². The summed E-state index contributed by atoms with van der Waals surface area (Å²) in [6.45, 7) is 3.65. The zero-order valence-corrected chi connectivity index (χ0v) is 9.99. The van der Waals surface area contributed by atoms with Crippen LogP contribution in [0.15, 0.2) is 29.2 Å². The van der Waals surface area contributed by atoms with E-state index in [0.717, 1.165) is 0 Å². The molecule has 16 heavy (non-hydrogen) atoms. The highest BCUT2D eigenvalue weighted by Crippen LogP contribution is 2.15. The Balaban J connectivity index is 3.02. The average molecular weight is 242 g/mol. The maximum Gasteiger partial charge on any atom is 0.335 e. The van der Waals surface area contributed by atoms with Crippen LogP contribution in [0.1, 0.15) is 24.2 Å². The average Bonchev–Trinajstić information content (AvgIpc) is 2.16. The van der Waals surface area contributed by atoms with Gasteiger partial charge in [-0.3, -0.25) is 0 Å². The molecule has 5 heteroatoms. The summed E-state index contributed by atoms with van der Waals surface area (Å²) >= 11 is 0. The first-order valence-electron chi connectivity index (χ1n) is 4.89. The van der Waals surface area contributed by atoms with Crippen LogP contribution < -0.4 is 0 Å². The van der Waals surface area contributed by atoms with Gasteiger partial charge in [0, 0.05) is 0 Å². The standard InChI is InChI=1S/C11H14O4S/c1-8(2)7-16(14,15)10-5-3-9(4-6-10)11(12)13/h3-6,8H,7H2,1-2H3,(H,12,13). The monoisotopic (exact) mass is 242 g/mol. The van der Waals surface area contributed by atoms with Gasteiger partial charge in [0.15, 0.2) is 9.84 Å². The fourth-order valence-corrected chi connectivity index (χ4v) is 2.96. The zero-order chi connectivity index (χ0) is 12.3. The van der Waals surface area contributed by atoms with Crippen molar-refractivity contribution in [3.8, 4) is 0 Å². The molecular weight excluding hydrogens is 228 g/mol. The SMILES string of the molecule is CC(C)CS(=O)(=O)c1ccc(C(=O)O)cc1.